The van der Waals surface area contributed by atoms with Crippen molar-refractivity contribution in [3.63, 3.8) is 0 Å². The topological polar surface area (TPSA) is 80.4 Å². The van der Waals surface area contributed by atoms with E-state index in [2.05, 4.69) is 10.4 Å². The molecule has 0 radical (unpaired) electrons. The van der Waals surface area contributed by atoms with Crippen molar-refractivity contribution in [2.45, 2.75) is 83.5 Å². The van der Waals surface area contributed by atoms with E-state index in [1.807, 2.05) is 44.2 Å². The number of carbonyl (C=O) groups excluding carboxylic acids is 2. The van der Waals surface area contributed by atoms with E-state index in [0.29, 0.717) is 30.2 Å². The Morgan fingerprint density at radius 2 is 1.83 bits per heavy atom. The van der Waals surface area contributed by atoms with Crippen LogP contribution in [0.2, 0.25) is 0 Å². The summed E-state index contributed by atoms with van der Waals surface area (Å²) in [6.07, 6.45) is 9.53. The summed E-state index contributed by atoms with van der Waals surface area (Å²) >= 11 is 0. The maximum absolute atomic E-state index is 13.9. The molecule has 1 aliphatic carbocycles. The molecule has 1 N–H and O–H groups in total. The molecule has 0 spiro atoms. The van der Waals surface area contributed by atoms with Crippen molar-refractivity contribution in [3.8, 4) is 11.5 Å². The zero-order valence-electron chi connectivity index (χ0n) is 20.6. The Kier molecular flexibility index (Phi) is 6.50. The van der Waals surface area contributed by atoms with Crippen molar-refractivity contribution in [1.82, 2.24) is 20.0 Å². The van der Waals surface area contributed by atoms with Crippen LogP contribution in [0.1, 0.15) is 73.5 Å². The molecule has 5 rings (SSSR count). The Bertz CT molecular complexity index is 1170. The predicted octanol–water partition coefficient (Wildman–Crippen LogP) is 5.10. The molecule has 184 valence electrons. The third kappa shape index (κ3) is 4.77. The van der Waals surface area contributed by atoms with Gasteiger partial charge in [0.1, 0.15) is 16.9 Å². The summed E-state index contributed by atoms with van der Waals surface area (Å²) in [6, 6.07) is 13.6. The van der Waals surface area contributed by atoms with Crippen LogP contribution in [0.15, 0.2) is 53.1 Å². The fraction of sp³-hybridized carbons (Fsp3) is 0.464. The van der Waals surface area contributed by atoms with Crippen LogP contribution in [0.3, 0.4) is 0 Å². The Morgan fingerprint density at radius 3 is 2.51 bits per heavy atom. The quantitative estimate of drug-likeness (QED) is 0.558. The van der Waals surface area contributed by atoms with Gasteiger partial charge in [-0.2, -0.15) is 5.10 Å². The average molecular weight is 475 g/mol. The van der Waals surface area contributed by atoms with Crippen molar-refractivity contribution >= 4 is 11.8 Å². The maximum atomic E-state index is 13.9. The number of fused-ring (bicyclic) bond motifs is 1. The molecular weight excluding hydrogens is 440 g/mol. The van der Waals surface area contributed by atoms with Gasteiger partial charge in [-0.05, 0) is 44.4 Å². The fourth-order valence-corrected chi connectivity index (χ4v) is 5.25. The summed E-state index contributed by atoms with van der Waals surface area (Å²) in [5, 5.41) is 7.96. The Balaban J connectivity index is 1.47. The number of carbonyl (C=O) groups is 2. The standard InChI is InChI=1S/C28H34N4O3/c1-20-12-14-21(15-13-20)18-31-26(33)24-17-23(25-11-8-16-35-25)30-32(24)19-28(31,2)27(34)29-22-9-6-4-3-5-7-10-22/h8,11-17,22H,3-7,9-10,18-19H2,1-2H3,(H,29,34)/t28-/m0/s1. The van der Waals surface area contributed by atoms with Gasteiger partial charge in [-0.1, -0.05) is 61.9 Å². The average Bonchev–Trinajstić information content (AvgIpc) is 3.49. The monoisotopic (exact) mass is 474 g/mol. The molecule has 3 heterocycles. The van der Waals surface area contributed by atoms with Gasteiger partial charge >= 0.3 is 0 Å². The first-order valence-corrected chi connectivity index (χ1v) is 12.7. The molecular formula is C28H34N4O3. The van der Waals surface area contributed by atoms with Crippen LogP contribution in [-0.4, -0.2) is 38.1 Å². The Morgan fingerprint density at radius 1 is 1.11 bits per heavy atom. The lowest BCUT2D eigenvalue weighted by Gasteiger charge is -2.44. The van der Waals surface area contributed by atoms with Gasteiger partial charge in [0.2, 0.25) is 5.91 Å². The summed E-state index contributed by atoms with van der Waals surface area (Å²) in [7, 11) is 0. The summed E-state index contributed by atoms with van der Waals surface area (Å²) in [6.45, 7) is 4.56. The second-order valence-electron chi connectivity index (χ2n) is 10.2. The van der Waals surface area contributed by atoms with E-state index < -0.39 is 5.54 Å². The highest BCUT2D eigenvalue weighted by atomic mass is 16.3. The molecule has 3 aromatic rings. The van der Waals surface area contributed by atoms with Gasteiger partial charge in [-0.3, -0.25) is 14.3 Å². The molecule has 2 amide bonds. The van der Waals surface area contributed by atoms with Crippen LogP contribution in [0.4, 0.5) is 0 Å². The lowest BCUT2D eigenvalue weighted by Crippen LogP contribution is -2.64. The van der Waals surface area contributed by atoms with E-state index >= 15 is 0 Å². The minimum Gasteiger partial charge on any atom is -0.463 e. The first-order chi connectivity index (χ1) is 16.9. The maximum Gasteiger partial charge on any atom is 0.273 e. The predicted molar refractivity (Wildman–Crippen MR) is 134 cm³/mol. The highest BCUT2D eigenvalue weighted by molar-refractivity contribution is 6.00. The zero-order chi connectivity index (χ0) is 24.4. The van der Waals surface area contributed by atoms with Crippen LogP contribution in [0, 0.1) is 6.92 Å². The normalized spacial score (nSPS) is 21.3. The molecule has 2 aliphatic rings. The molecule has 2 aromatic heterocycles. The van der Waals surface area contributed by atoms with Gasteiger partial charge in [-0.15, -0.1) is 0 Å². The highest BCUT2D eigenvalue weighted by Gasteiger charge is 2.48. The summed E-state index contributed by atoms with van der Waals surface area (Å²) in [5.74, 6) is 0.298. The van der Waals surface area contributed by atoms with Crippen molar-refractivity contribution in [3.05, 3.63) is 65.5 Å². The SMILES string of the molecule is Cc1ccc(CN2C(=O)c3cc(-c4ccco4)nn3C[C@@]2(C)C(=O)NC2CCCCCCC2)cc1. The smallest absolute Gasteiger partial charge is 0.273 e. The van der Waals surface area contributed by atoms with E-state index in [4.69, 9.17) is 4.42 Å². The van der Waals surface area contributed by atoms with Gasteiger partial charge in [0.05, 0.1) is 12.8 Å². The number of hydrogen-bond donors (Lipinski definition) is 1. The second kappa shape index (κ2) is 9.72. The molecule has 0 saturated heterocycles. The van der Waals surface area contributed by atoms with E-state index in [9.17, 15) is 9.59 Å². The van der Waals surface area contributed by atoms with Gasteiger partial charge in [0.15, 0.2) is 5.76 Å². The molecule has 0 unspecified atom stereocenters. The number of nitrogens with zero attached hydrogens (tertiary/aromatic N) is 3. The van der Waals surface area contributed by atoms with Gasteiger partial charge in [-0.25, -0.2) is 0 Å². The highest BCUT2D eigenvalue weighted by Crippen LogP contribution is 2.32. The summed E-state index contributed by atoms with van der Waals surface area (Å²) in [4.78, 5) is 29.4. The van der Waals surface area contributed by atoms with Gasteiger partial charge < -0.3 is 14.6 Å². The first-order valence-electron chi connectivity index (χ1n) is 12.7. The van der Waals surface area contributed by atoms with E-state index in [0.717, 1.165) is 36.8 Å². The zero-order valence-corrected chi connectivity index (χ0v) is 20.6. The van der Waals surface area contributed by atoms with Crippen molar-refractivity contribution < 1.29 is 14.0 Å². The summed E-state index contributed by atoms with van der Waals surface area (Å²) in [5.41, 5.74) is 2.15. The molecule has 1 aliphatic heterocycles. The third-order valence-electron chi connectivity index (χ3n) is 7.46. The molecule has 7 nitrogen and oxygen atoms in total. The number of amides is 2. The minimum atomic E-state index is -1.07. The number of benzene rings is 1. The number of hydrogen-bond acceptors (Lipinski definition) is 4. The third-order valence-corrected chi connectivity index (χ3v) is 7.46. The van der Waals surface area contributed by atoms with Gasteiger partial charge in [0.25, 0.3) is 5.91 Å². The van der Waals surface area contributed by atoms with E-state index in [1.54, 1.807) is 28.0 Å². The molecule has 7 heteroatoms. The van der Waals surface area contributed by atoms with Crippen LogP contribution in [0.5, 0.6) is 0 Å². The number of aryl methyl sites for hydroxylation is 1. The summed E-state index contributed by atoms with van der Waals surface area (Å²) < 4.78 is 7.18. The van der Waals surface area contributed by atoms with E-state index in [-0.39, 0.29) is 17.9 Å². The van der Waals surface area contributed by atoms with Gasteiger partial charge in [0, 0.05) is 18.7 Å². The lowest BCUT2D eigenvalue weighted by molar-refractivity contribution is -0.134. The number of furan rings is 1. The van der Waals surface area contributed by atoms with Crippen LogP contribution >= 0.6 is 0 Å². The molecule has 1 atom stereocenters. The number of aromatic nitrogens is 2. The van der Waals surface area contributed by atoms with Crippen LogP contribution in [0.25, 0.3) is 11.5 Å². The number of rotatable bonds is 5. The van der Waals surface area contributed by atoms with E-state index in [1.165, 1.54) is 19.3 Å². The van der Waals surface area contributed by atoms with Crippen LogP contribution < -0.4 is 5.32 Å². The molecule has 1 aromatic carbocycles. The van der Waals surface area contributed by atoms with Crippen molar-refractivity contribution in [2.75, 3.05) is 0 Å². The molecule has 1 fully saturated rings. The largest absolute Gasteiger partial charge is 0.463 e. The van der Waals surface area contributed by atoms with Crippen LogP contribution in [-0.2, 0) is 17.9 Å². The number of nitrogens with one attached hydrogen (secondary N) is 1. The first kappa shape index (κ1) is 23.4. The van der Waals surface area contributed by atoms with Crippen molar-refractivity contribution in [2.24, 2.45) is 0 Å². The fourth-order valence-electron chi connectivity index (χ4n) is 5.25. The Hall–Kier alpha value is -3.35. The minimum absolute atomic E-state index is 0.107. The Labute approximate surface area is 206 Å². The lowest BCUT2D eigenvalue weighted by atomic mass is 9.91. The molecule has 35 heavy (non-hydrogen) atoms. The molecule has 1 saturated carbocycles. The second-order valence-corrected chi connectivity index (χ2v) is 10.2. The molecule has 0 bridgehead atoms. The van der Waals surface area contributed by atoms with Crippen molar-refractivity contribution in [1.29, 1.82) is 0 Å².